The Morgan fingerprint density at radius 3 is 2.14 bits per heavy atom. The van der Waals surface area contributed by atoms with Crippen LogP contribution in [-0.2, 0) is 4.74 Å². The Labute approximate surface area is 84.8 Å². The molecular weight excluding hydrogens is 182 g/mol. The number of carbonyl (C=O) groups excluding carboxylic acids is 1. The lowest BCUT2D eigenvalue weighted by atomic mass is 10.2. The Kier molecular flexibility index (Phi) is 3.34. The van der Waals surface area contributed by atoms with Crippen molar-refractivity contribution < 1.29 is 9.53 Å². The molecule has 2 N–H and O–H groups in total. The molecule has 0 aromatic heterocycles. The molecule has 1 saturated heterocycles. The van der Waals surface area contributed by atoms with Gasteiger partial charge < -0.3 is 9.64 Å². The number of hydrazine groups is 1. The average Bonchev–Trinajstić information content (AvgIpc) is 2.02. The third kappa shape index (κ3) is 3.51. The first-order chi connectivity index (χ1) is 6.38. The molecule has 5 heteroatoms. The molecule has 0 aromatic carbocycles. The van der Waals surface area contributed by atoms with Crippen LogP contribution in [0.3, 0.4) is 0 Å². The predicted molar refractivity (Wildman–Crippen MR) is 53.6 cm³/mol. The molecular formula is C9H19N3O2. The number of carbonyl (C=O) groups is 1. The third-order valence-corrected chi connectivity index (χ3v) is 1.97. The average molecular weight is 201 g/mol. The van der Waals surface area contributed by atoms with Gasteiger partial charge in [-0.1, -0.05) is 0 Å². The lowest BCUT2D eigenvalue weighted by molar-refractivity contribution is 0.0145. The van der Waals surface area contributed by atoms with Crippen LogP contribution in [0.15, 0.2) is 0 Å². The van der Waals surface area contributed by atoms with Crippen molar-refractivity contribution >= 4 is 6.09 Å². The van der Waals surface area contributed by atoms with E-state index in [1.54, 1.807) is 9.91 Å². The Hall–Kier alpha value is -0.810. The number of piperazine rings is 1. The molecule has 1 amide bonds. The maximum Gasteiger partial charge on any atom is 0.410 e. The highest BCUT2D eigenvalue weighted by molar-refractivity contribution is 5.68. The van der Waals surface area contributed by atoms with Gasteiger partial charge in [-0.15, -0.1) is 0 Å². The van der Waals surface area contributed by atoms with Crippen molar-refractivity contribution in [1.29, 1.82) is 0 Å². The molecule has 0 saturated carbocycles. The first-order valence-electron chi connectivity index (χ1n) is 4.86. The summed E-state index contributed by atoms with van der Waals surface area (Å²) in [4.78, 5) is 13.3. The van der Waals surface area contributed by atoms with Crippen molar-refractivity contribution in [2.45, 2.75) is 26.4 Å². The van der Waals surface area contributed by atoms with Gasteiger partial charge in [-0.3, -0.25) is 5.84 Å². The SMILES string of the molecule is CC(C)(C)OC(=O)N1CCN(N)CC1. The number of nitrogens with two attached hydrogens (primary N) is 1. The van der Waals surface area contributed by atoms with Crippen molar-refractivity contribution in [1.82, 2.24) is 9.91 Å². The smallest absolute Gasteiger partial charge is 0.410 e. The van der Waals surface area contributed by atoms with Gasteiger partial charge in [0.05, 0.1) is 0 Å². The summed E-state index contributed by atoms with van der Waals surface area (Å²) in [5, 5.41) is 1.71. The van der Waals surface area contributed by atoms with Crippen LogP contribution in [0.2, 0.25) is 0 Å². The first kappa shape index (κ1) is 11.3. The van der Waals surface area contributed by atoms with Gasteiger partial charge in [0.1, 0.15) is 5.60 Å². The summed E-state index contributed by atoms with van der Waals surface area (Å²) in [6, 6.07) is 0. The van der Waals surface area contributed by atoms with E-state index >= 15 is 0 Å². The molecule has 0 atom stereocenters. The molecule has 1 aliphatic rings. The number of ether oxygens (including phenoxy) is 1. The summed E-state index contributed by atoms with van der Waals surface area (Å²) >= 11 is 0. The standard InChI is InChI=1S/C9H19N3O2/c1-9(2,3)14-8(13)11-4-6-12(10)7-5-11/h4-7,10H2,1-3H3. The summed E-state index contributed by atoms with van der Waals surface area (Å²) in [6.45, 7) is 8.30. The van der Waals surface area contributed by atoms with Gasteiger partial charge in [-0.25, -0.2) is 9.80 Å². The molecule has 14 heavy (non-hydrogen) atoms. The zero-order valence-corrected chi connectivity index (χ0v) is 9.12. The van der Waals surface area contributed by atoms with E-state index in [0.717, 1.165) is 0 Å². The quantitative estimate of drug-likeness (QED) is 0.577. The fourth-order valence-corrected chi connectivity index (χ4v) is 1.23. The predicted octanol–water partition coefficient (Wildman–Crippen LogP) is 0.413. The second-order valence-corrected chi connectivity index (χ2v) is 4.50. The van der Waals surface area contributed by atoms with Gasteiger partial charge in [-0.05, 0) is 20.8 Å². The second-order valence-electron chi connectivity index (χ2n) is 4.50. The van der Waals surface area contributed by atoms with E-state index in [0.29, 0.717) is 26.2 Å². The molecule has 82 valence electrons. The van der Waals surface area contributed by atoms with Crippen molar-refractivity contribution in [3.8, 4) is 0 Å². The molecule has 0 aliphatic carbocycles. The summed E-state index contributed by atoms with van der Waals surface area (Å²) < 4.78 is 5.24. The molecule has 1 fully saturated rings. The van der Waals surface area contributed by atoms with Gasteiger partial charge in [0, 0.05) is 26.2 Å². The Balaban J connectivity index is 2.38. The van der Waals surface area contributed by atoms with Crippen LogP contribution < -0.4 is 5.84 Å². The van der Waals surface area contributed by atoms with Gasteiger partial charge >= 0.3 is 6.09 Å². The minimum Gasteiger partial charge on any atom is -0.444 e. The van der Waals surface area contributed by atoms with Gasteiger partial charge in [0.15, 0.2) is 0 Å². The molecule has 0 radical (unpaired) electrons. The van der Waals surface area contributed by atoms with E-state index in [2.05, 4.69) is 0 Å². The van der Waals surface area contributed by atoms with Gasteiger partial charge in [0.25, 0.3) is 0 Å². The van der Waals surface area contributed by atoms with Crippen LogP contribution in [0.1, 0.15) is 20.8 Å². The van der Waals surface area contributed by atoms with Crippen LogP contribution in [0, 0.1) is 0 Å². The maximum atomic E-state index is 11.6. The lowest BCUT2D eigenvalue weighted by Crippen LogP contribution is -2.52. The normalized spacial score (nSPS) is 19.6. The van der Waals surface area contributed by atoms with E-state index in [4.69, 9.17) is 10.6 Å². The van der Waals surface area contributed by atoms with Crippen LogP contribution >= 0.6 is 0 Å². The van der Waals surface area contributed by atoms with Crippen LogP contribution in [0.5, 0.6) is 0 Å². The van der Waals surface area contributed by atoms with Crippen molar-refractivity contribution in [2.75, 3.05) is 26.2 Å². The fourth-order valence-electron chi connectivity index (χ4n) is 1.23. The molecule has 0 bridgehead atoms. The largest absolute Gasteiger partial charge is 0.444 e. The van der Waals surface area contributed by atoms with Crippen molar-refractivity contribution in [3.05, 3.63) is 0 Å². The monoisotopic (exact) mass is 201 g/mol. The second kappa shape index (κ2) is 4.14. The minimum atomic E-state index is -0.420. The summed E-state index contributed by atoms with van der Waals surface area (Å²) in [5.74, 6) is 5.58. The fraction of sp³-hybridized carbons (Fsp3) is 0.889. The summed E-state index contributed by atoms with van der Waals surface area (Å²) in [7, 11) is 0. The van der Waals surface area contributed by atoms with Crippen molar-refractivity contribution in [3.63, 3.8) is 0 Å². The van der Waals surface area contributed by atoms with Crippen molar-refractivity contribution in [2.24, 2.45) is 5.84 Å². The minimum absolute atomic E-state index is 0.245. The summed E-state index contributed by atoms with van der Waals surface area (Å²) in [5.41, 5.74) is -0.420. The Morgan fingerprint density at radius 2 is 1.71 bits per heavy atom. The number of rotatable bonds is 0. The third-order valence-electron chi connectivity index (χ3n) is 1.97. The highest BCUT2D eigenvalue weighted by Gasteiger charge is 2.24. The number of amides is 1. The highest BCUT2D eigenvalue weighted by Crippen LogP contribution is 2.10. The van der Waals surface area contributed by atoms with Gasteiger partial charge in [0.2, 0.25) is 0 Å². The molecule has 0 spiro atoms. The van der Waals surface area contributed by atoms with E-state index < -0.39 is 5.60 Å². The van der Waals surface area contributed by atoms with Gasteiger partial charge in [-0.2, -0.15) is 0 Å². The van der Waals surface area contributed by atoms with Crippen LogP contribution in [0.4, 0.5) is 4.79 Å². The molecule has 1 rings (SSSR count). The van der Waals surface area contributed by atoms with E-state index in [9.17, 15) is 4.79 Å². The lowest BCUT2D eigenvalue weighted by Gasteiger charge is -2.33. The molecule has 5 nitrogen and oxygen atoms in total. The van der Waals surface area contributed by atoms with E-state index in [1.807, 2.05) is 20.8 Å². The topological polar surface area (TPSA) is 58.8 Å². The number of nitrogens with zero attached hydrogens (tertiary/aromatic N) is 2. The number of hydrogen-bond acceptors (Lipinski definition) is 4. The Morgan fingerprint density at radius 1 is 1.21 bits per heavy atom. The summed E-state index contributed by atoms with van der Waals surface area (Å²) in [6.07, 6.45) is -0.245. The Bertz CT molecular complexity index is 205. The zero-order chi connectivity index (χ0) is 10.8. The highest BCUT2D eigenvalue weighted by atomic mass is 16.6. The maximum absolute atomic E-state index is 11.6. The molecule has 0 aromatic rings. The van der Waals surface area contributed by atoms with E-state index in [1.165, 1.54) is 0 Å². The molecule has 0 unspecified atom stereocenters. The molecule has 1 heterocycles. The first-order valence-corrected chi connectivity index (χ1v) is 4.86. The molecule has 1 aliphatic heterocycles. The number of hydrogen-bond donors (Lipinski definition) is 1. The van der Waals surface area contributed by atoms with Crippen LogP contribution in [-0.4, -0.2) is 47.8 Å². The van der Waals surface area contributed by atoms with Crippen LogP contribution in [0.25, 0.3) is 0 Å². The zero-order valence-electron chi connectivity index (χ0n) is 9.12. The van der Waals surface area contributed by atoms with E-state index in [-0.39, 0.29) is 6.09 Å².